The van der Waals surface area contributed by atoms with Gasteiger partial charge in [0, 0.05) is 29.4 Å². The number of piperidine rings is 1. The molecule has 0 amide bonds. The average Bonchev–Trinajstić information content (AvgIpc) is 3.18. The number of hydrogen-bond donors (Lipinski definition) is 2. The zero-order chi connectivity index (χ0) is 20.2. The highest BCUT2D eigenvalue weighted by molar-refractivity contribution is 6.31. The van der Waals surface area contributed by atoms with E-state index in [1.165, 1.54) is 6.26 Å². The second-order valence-corrected chi connectivity index (χ2v) is 7.21. The number of nitrogens with two attached hydrogens (primary N) is 1. The summed E-state index contributed by atoms with van der Waals surface area (Å²) in [6, 6.07) is 5.77. The summed E-state index contributed by atoms with van der Waals surface area (Å²) in [6.45, 7) is 1.88. The van der Waals surface area contributed by atoms with Gasteiger partial charge in [0.25, 0.3) is 6.01 Å². The molecule has 4 rings (SSSR count). The van der Waals surface area contributed by atoms with Gasteiger partial charge in [-0.2, -0.15) is 4.98 Å². The van der Waals surface area contributed by atoms with Crippen LogP contribution in [0.5, 0.6) is 6.01 Å². The van der Waals surface area contributed by atoms with E-state index in [1.54, 1.807) is 18.5 Å². The van der Waals surface area contributed by atoms with E-state index in [0.717, 1.165) is 37.1 Å². The van der Waals surface area contributed by atoms with E-state index in [2.05, 4.69) is 20.3 Å². The maximum absolute atomic E-state index is 12.4. The smallest absolute Gasteiger partial charge is 0.316 e. The Hall–Kier alpha value is -2.97. The van der Waals surface area contributed by atoms with Crippen LogP contribution in [0.3, 0.4) is 0 Å². The van der Waals surface area contributed by atoms with E-state index in [4.69, 9.17) is 26.5 Å². The van der Waals surface area contributed by atoms with E-state index in [0.29, 0.717) is 16.6 Å². The van der Waals surface area contributed by atoms with Gasteiger partial charge in [0.2, 0.25) is 0 Å². The zero-order valence-electron chi connectivity index (χ0n) is 15.6. The fourth-order valence-electron chi connectivity index (χ4n) is 3.16. The molecule has 3 N–H and O–H groups in total. The molecule has 0 saturated carbocycles. The highest BCUT2D eigenvalue weighted by Gasteiger charge is 2.17. The number of rotatable bonds is 6. The lowest BCUT2D eigenvalue weighted by Crippen LogP contribution is -2.34. The van der Waals surface area contributed by atoms with Crippen molar-refractivity contribution in [3.8, 4) is 17.1 Å². The van der Waals surface area contributed by atoms with Crippen molar-refractivity contribution in [2.75, 3.05) is 18.8 Å². The molecule has 1 aliphatic heterocycles. The number of nitrogens with zero attached hydrogens (tertiary/aromatic N) is 3. The summed E-state index contributed by atoms with van der Waals surface area (Å²) in [5.41, 5.74) is 7.93. The van der Waals surface area contributed by atoms with Gasteiger partial charge in [-0.25, -0.2) is 9.97 Å². The van der Waals surface area contributed by atoms with Gasteiger partial charge in [0.15, 0.2) is 5.78 Å². The van der Waals surface area contributed by atoms with Crippen molar-refractivity contribution in [2.45, 2.75) is 25.4 Å². The third-order valence-corrected chi connectivity index (χ3v) is 5.09. The molecule has 0 radical (unpaired) electrons. The van der Waals surface area contributed by atoms with Gasteiger partial charge in [-0.15, -0.1) is 0 Å². The lowest BCUT2D eigenvalue weighted by Gasteiger charge is -2.22. The molecular formula is C20H20ClN5O3. The third kappa shape index (κ3) is 4.72. The van der Waals surface area contributed by atoms with Gasteiger partial charge in [0.05, 0.1) is 0 Å². The Morgan fingerprint density at radius 1 is 1.24 bits per heavy atom. The molecule has 0 spiro atoms. The number of hydrogen-bond acceptors (Lipinski definition) is 8. The topological polar surface area (TPSA) is 116 Å². The first kappa shape index (κ1) is 19.4. The number of halogens is 1. The number of carbonyl (C=O) groups is 1. The van der Waals surface area contributed by atoms with E-state index in [9.17, 15) is 4.79 Å². The summed E-state index contributed by atoms with van der Waals surface area (Å²) in [7, 11) is 0. The Labute approximate surface area is 172 Å². The van der Waals surface area contributed by atoms with Gasteiger partial charge in [0.1, 0.15) is 18.1 Å². The van der Waals surface area contributed by atoms with E-state index in [1.807, 2.05) is 12.1 Å². The van der Waals surface area contributed by atoms with Crippen LogP contribution in [0.2, 0.25) is 5.02 Å². The van der Waals surface area contributed by atoms with Crippen LogP contribution < -0.4 is 15.8 Å². The molecule has 29 heavy (non-hydrogen) atoms. The first-order valence-corrected chi connectivity index (χ1v) is 9.68. The zero-order valence-corrected chi connectivity index (χ0v) is 16.4. The van der Waals surface area contributed by atoms with Gasteiger partial charge < -0.3 is 20.2 Å². The number of carbonyl (C=O) groups excluding carboxylic acids is 1. The van der Waals surface area contributed by atoms with Crippen LogP contribution in [0, 0.1) is 0 Å². The first-order valence-electron chi connectivity index (χ1n) is 9.31. The molecule has 1 fully saturated rings. The molecule has 1 saturated heterocycles. The summed E-state index contributed by atoms with van der Waals surface area (Å²) in [5, 5.41) is 3.79. The summed E-state index contributed by atoms with van der Waals surface area (Å²) < 4.78 is 10.7. The highest BCUT2D eigenvalue weighted by Crippen LogP contribution is 2.26. The predicted octanol–water partition coefficient (Wildman–Crippen LogP) is 2.92. The normalized spacial score (nSPS) is 14.7. The number of benzene rings is 1. The lowest BCUT2D eigenvalue weighted by atomic mass is 10.0. The quantitative estimate of drug-likeness (QED) is 0.592. The van der Waals surface area contributed by atoms with Crippen molar-refractivity contribution in [1.29, 1.82) is 0 Å². The monoisotopic (exact) mass is 413 g/mol. The standard InChI is InChI=1S/C20H20ClN5O3/c21-16-2-1-12(7-13(16)8-18(27)17-11-28-19(22)26-17)14-9-24-20(25-10-14)29-15-3-5-23-6-4-15/h1-2,7,9-11,15,23H,3-6,8H2,(H2,22,26). The van der Waals surface area contributed by atoms with Crippen molar-refractivity contribution in [3.63, 3.8) is 0 Å². The first-order chi connectivity index (χ1) is 14.1. The molecule has 9 heteroatoms. The van der Waals surface area contributed by atoms with E-state index in [-0.39, 0.29) is 30.0 Å². The number of ketones is 1. The molecule has 1 aromatic carbocycles. The Balaban J connectivity index is 1.48. The Morgan fingerprint density at radius 2 is 2.00 bits per heavy atom. The van der Waals surface area contributed by atoms with Crippen molar-refractivity contribution < 1.29 is 13.9 Å². The summed E-state index contributed by atoms with van der Waals surface area (Å²) >= 11 is 6.28. The van der Waals surface area contributed by atoms with Crippen LogP contribution in [0.25, 0.3) is 11.1 Å². The van der Waals surface area contributed by atoms with E-state index >= 15 is 0 Å². The number of nitrogen functional groups attached to an aromatic ring is 1. The molecule has 2 aromatic heterocycles. The average molecular weight is 414 g/mol. The second-order valence-electron chi connectivity index (χ2n) is 6.80. The molecule has 3 aromatic rings. The van der Waals surface area contributed by atoms with Crippen molar-refractivity contribution in [1.82, 2.24) is 20.3 Å². The minimum atomic E-state index is -0.230. The summed E-state index contributed by atoms with van der Waals surface area (Å²) in [5.74, 6) is -0.230. The largest absolute Gasteiger partial charge is 0.460 e. The van der Waals surface area contributed by atoms with Crippen molar-refractivity contribution >= 4 is 23.4 Å². The lowest BCUT2D eigenvalue weighted by molar-refractivity contribution is 0.0988. The molecule has 0 bridgehead atoms. The molecular weight excluding hydrogens is 394 g/mol. The Morgan fingerprint density at radius 3 is 2.69 bits per heavy atom. The molecule has 150 valence electrons. The van der Waals surface area contributed by atoms with Crippen LogP contribution in [0.4, 0.5) is 6.01 Å². The van der Waals surface area contributed by atoms with Gasteiger partial charge >= 0.3 is 6.01 Å². The number of anilines is 1. The molecule has 0 unspecified atom stereocenters. The molecule has 1 aliphatic rings. The molecule has 0 aliphatic carbocycles. The van der Waals surface area contributed by atoms with E-state index < -0.39 is 0 Å². The molecule has 8 nitrogen and oxygen atoms in total. The van der Waals surface area contributed by atoms with Crippen LogP contribution in [0.15, 0.2) is 41.3 Å². The van der Waals surface area contributed by atoms with Crippen LogP contribution in [0.1, 0.15) is 28.9 Å². The van der Waals surface area contributed by atoms with Crippen LogP contribution in [-0.4, -0.2) is 39.9 Å². The summed E-state index contributed by atoms with van der Waals surface area (Å²) in [6.07, 6.45) is 6.75. The maximum Gasteiger partial charge on any atom is 0.316 e. The van der Waals surface area contributed by atoms with Gasteiger partial charge in [-0.05, 0) is 49.2 Å². The van der Waals surface area contributed by atoms with Gasteiger partial charge in [-0.1, -0.05) is 17.7 Å². The number of nitrogens with one attached hydrogen (secondary N) is 1. The van der Waals surface area contributed by atoms with Gasteiger partial charge in [-0.3, -0.25) is 4.79 Å². The number of oxazole rings is 1. The molecule has 0 atom stereocenters. The predicted molar refractivity (Wildman–Crippen MR) is 108 cm³/mol. The molecule has 3 heterocycles. The Bertz CT molecular complexity index is 1000. The number of aromatic nitrogens is 3. The highest BCUT2D eigenvalue weighted by atomic mass is 35.5. The third-order valence-electron chi connectivity index (χ3n) is 4.72. The fraction of sp³-hybridized carbons (Fsp3) is 0.300. The number of ether oxygens (including phenoxy) is 1. The minimum absolute atomic E-state index is 0.0443. The van der Waals surface area contributed by atoms with Crippen molar-refractivity contribution in [3.05, 3.63) is 53.1 Å². The Kier molecular flexibility index (Phi) is 5.73. The SMILES string of the molecule is Nc1nc(C(=O)Cc2cc(-c3cnc(OC4CCNCC4)nc3)ccc2Cl)co1. The fourth-order valence-corrected chi connectivity index (χ4v) is 3.34. The second kappa shape index (κ2) is 8.59. The van der Waals surface area contributed by atoms with Crippen molar-refractivity contribution in [2.24, 2.45) is 0 Å². The maximum atomic E-state index is 12.4. The number of Topliss-reactive ketones (excluding diaryl/α,β-unsaturated/α-hetero) is 1. The van der Waals surface area contributed by atoms with Crippen LogP contribution >= 0.6 is 11.6 Å². The minimum Gasteiger partial charge on any atom is -0.460 e. The van der Waals surface area contributed by atoms with Crippen LogP contribution in [-0.2, 0) is 6.42 Å². The summed E-state index contributed by atoms with van der Waals surface area (Å²) in [4.78, 5) is 24.9.